The predicted molar refractivity (Wildman–Crippen MR) is 77.5 cm³/mol. The molecule has 2 rings (SSSR count). The highest BCUT2D eigenvalue weighted by Gasteiger charge is 2.46. The fraction of sp³-hybridized carbons (Fsp3) is 0.467. The van der Waals surface area contributed by atoms with Gasteiger partial charge >= 0.3 is 0 Å². The van der Waals surface area contributed by atoms with Crippen molar-refractivity contribution in [2.75, 3.05) is 6.54 Å². The lowest BCUT2D eigenvalue weighted by molar-refractivity contribution is -0.146. The molecule has 1 aromatic rings. The summed E-state index contributed by atoms with van der Waals surface area (Å²) in [6, 6.07) is 8.04. The van der Waals surface area contributed by atoms with Gasteiger partial charge in [0.2, 0.25) is 5.91 Å². The molecule has 0 aromatic heterocycles. The molecule has 0 saturated carbocycles. The van der Waals surface area contributed by atoms with Crippen molar-refractivity contribution in [3.63, 3.8) is 0 Å². The molecule has 7 nitrogen and oxygen atoms in total. The Morgan fingerprint density at radius 3 is 2.50 bits per heavy atom. The molecular formula is C15H20N2O5. The van der Waals surface area contributed by atoms with E-state index in [1.165, 1.54) is 0 Å². The molecule has 22 heavy (non-hydrogen) atoms. The number of aryl methyl sites for hydroxylation is 1. The van der Waals surface area contributed by atoms with Crippen LogP contribution in [0.1, 0.15) is 12.0 Å². The molecule has 120 valence electrons. The number of hydrogen-bond acceptors (Lipinski definition) is 5. The van der Waals surface area contributed by atoms with E-state index in [0.717, 1.165) is 10.5 Å². The van der Waals surface area contributed by atoms with Gasteiger partial charge in [0.15, 0.2) is 0 Å². The fourth-order valence-corrected chi connectivity index (χ4v) is 2.63. The number of carbonyl (C=O) groups is 2. The smallest absolute Gasteiger partial charge is 0.252 e. The van der Waals surface area contributed by atoms with Crippen molar-refractivity contribution >= 4 is 11.8 Å². The molecule has 1 fully saturated rings. The second-order valence-corrected chi connectivity index (χ2v) is 5.44. The quantitative estimate of drug-likeness (QED) is 0.521. The number of rotatable bonds is 5. The van der Waals surface area contributed by atoms with Crippen LogP contribution in [-0.2, 0) is 16.0 Å². The van der Waals surface area contributed by atoms with Gasteiger partial charge in [0, 0.05) is 0 Å². The zero-order valence-electron chi connectivity index (χ0n) is 12.0. The van der Waals surface area contributed by atoms with Crippen LogP contribution in [0.4, 0.5) is 0 Å². The van der Waals surface area contributed by atoms with E-state index in [0.29, 0.717) is 6.42 Å². The highest BCUT2D eigenvalue weighted by atomic mass is 16.3. The summed E-state index contributed by atoms with van der Waals surface area (Å²) in [6.07, 6.45) is -3.32. The monoisotopic (exact) mass is 308 g/mol. The van der Waals surface area contributed by atoms with Crippen molar-refractivity contribution in [3.8, 4) is 0 Å². The molecule has 0 radical (unpaired) electrons. The molecule has 0 bridgehead atoms. The lowest BCUT2D eigenvalue weighted by Gasteiger charge is -2.25. The SMILES string of the molecule is NC(=O)C1[C@@H](O)[C@H](O)CN1C(=O)[C@H](O)CCc1ccccc1. The van der Waals surface area contributed by atoms with Gasteiger partial charge in [0.25, 0.3) is 5.91 Å². The lowest BCUT2D eigenvalue weighted by Crippen LogP contribution is -2.51. The zero-order chi connectivity index (χ0) is 16.3. The molecule has 1 aliphatic rings. The van der Waals surface area contributed by atoms with Crippen LogP contribution in [0.5, 0.6) is 0 Å². The molecule has 5 N–H and O–H groups in total. The first-order valence-corrected chi connectivity index (χ1v) is 7.09. The van der Waals surface area contributed by atoms with Crippen LogP contribution in [0.2, 0.25) is 0 Å². The number of β-amino-alcohol motifs (C(OH)–C–C–N with tert-alkyl or cyclic N) is 1. The van der Waals surface area contributed by atoms with Gasteiger partial charge in [-0.25, -0.2) is 0 Å². The molecule has 1 saturated heterocycles. The summed E-state index contributed by atoms with van der Waals surface area (Å²) in [6.45, 7) is -0.226. The van der Waals surface area contributed by atoms with Gasteiger partial charge in [-0.15, -0.1) is 0 Å². The minimum atomic E-state index is -1.43. The molecule has 1 aromatic carbocycles. The molecule has 4 atom stereocenters. The topological polar surface area (TPSA) is 124 Å². The van der Waals surface area contributed by atoms with Crippen molar-refractivity contribution < 1.29 is 24.9 Å². The van der Waals surface area contributed by atoms with Gasteiger partial charge in [-0.3, -0.25) is 9.59 Å². The average molecular weight is 308 g/mol. The van der Waals surface area contributed by atoms with Gasteiger partial charge in [0.05, 0.1) is 12.6 Å². The van der Waals surface area contributed by atoms with E-state index in [-0.39, 0.29) is 13.0 Å². The molecule has 7 heteroatoms. The third-order valence-corrected chi connectivity index (χ3v) is 3.85. The highest BCUT2D eigenvalue weighted by molar-refractivity contribution is 5.89. The number of nitrogens with two attached hydrogens (primary N) is 1. The summed E-state index contributed by atoms with van der Waals surface area (Å²) in [5.74, 6) is -1.62. The minimum absolute atomic E-state index is 0.178. The summed E-state index contributed by atoms with van der Waals surface area (Å²) < 4.78 is 0. The zero-order valence-corrected chi connectivity index (χ0v) is 12.0. The highest BCUT2D eigenvalue weighted by Crippen LogP contribution is 2.20. The van der Waals surface area contributed by atoms with E-state index in [2.05, 4.69) is 0 Å². The summed E-state index contributed by atoms with van der Waals surface area (Å²) in [4.78, 5) is 24.5. The molecular weight excluding hydrogens is 288 g/mol. The van der Waals surface area contributed by atoms with E-state index in [4.69, 9.17) is 5.73 Å². The van der Waals surface area contributed by atoms with Crippen LogP contribution >= 0.6 is 0 Å². The summed E-state index contributed by atoms with van der Waals surface area (Å²) >= 11 is 0. The van der Waals surface area contributed by atoms with Crippen molar-refractivity contribution in [2.45, 2.75) is 37.2 Å². The molecule has 1 unspecified atom stereocenters. The first-order chi connectivity index (χ1) is 10.4. The minimum Gasteiger partial charge on any atom is -0.388 e. The van der Waals surface area contributed by atoms with Crippen molar-refractivity contribution in [3.05, 3.63) is 35.9 Å². The van der Waals surface area contributed by atoms with E-state index < -0.39 is 36.2 Å². The number of carbonyl (C=O) groups excluding carboxylic acids is 2. The number of benzene rings is 1. The molecule has 1 aliphatic heterocycles. The van der Waals surface area contributed by atoms with Gasteiger partial charge in [-0.1, -0.05) is 30.3 Å². The van der Waals surface area contributed by atoms with Crippen molar-refractivity contribution in [2.24, 2.45) is 5.73 Å². The molecule has 2 amide bonds. The lowest BCUT2D eigenvalue weighted by atomic mass is 10.1. The maximum absolute atomic E-state index is 12.2. The third-order valence-electron chi connectivity index (χ3n) is 3.85. The van der Waals surface area contributed by atoms with Gasteiger partial charge in [-0.2, -0.15) is 0 Å². The number of aliphatic hydroxyl groups excluding tert-OH is 3. The number of aliphatic hydroxyl groups is 3. The third kappa shape index (κ3) is 3.44. The Morgan fingerprint density at radius 2 is 1.91 bits per heavy atom. The van der Waals surface area contributed by atoms with Crippen LogP contribution < -0.4 is 5.73 Å². The second-order valence-electron chi connectivity index (χ2n) is 5.44. The maximum Gasteiger partial charge on any atom is 0.252 e. The van der Waals surface area contributed by atoms with Crippen LogP contribution in [0, 0.1) is 0 Å². The Hall–Kier alpha value is -1.96. The van der Waals surface area contributed by atoms with Gasteiger partial charge in [0.1, 0.15) is 18.2 Å². The normalized spacial score (nSPS) is 26.0. The fourth-order valence-electron chi connectivity index (χ4n) is 2.63. The maximum atomic E-state index is 12.2. The Labute approximate surface area is 128 Å². The van der Waals surface area contributed by atoms with Crippen LogP contribution in [-0.4, -0.2) is 62.9 Å². The second kappa shape index (κ2) is 6.87. The van der Waals surface area contributed by atoms with Gasteiger partial charge < -0.3 is 26.0 Å². The van der Waals surface area contributed by atoms with E-state index >= 15 is 0 Å². The van der Waals surface area contributed by atoms with Crippen molar-refractivity contribution in [1.29, 1.82) is 0 Å². The van der Waals surface area contributed by atoms with Crippen LogP contribution in [0.15, 0.2) is 30.3 Å². The van der Waals surface area contributed by atoms with E-state index in [9.17, 15) is 24.9 Å². The summed E-state index contributed by atoms with van der Waals surface area (Å²) in [5.41, 5.74) is 6.13. The molecule has 1 heterocycles. The Balaban J connectivity index is 1.99. The van der Waals surface area contributed by atoms with Crippen LogP contribution in [0.3, 0.4) is 0 Å². The van der Waals surface area contributed by atoms with Crippen molar-refractivity contribution in [1.82, 2.24) is 4.90 Å². The van der Waals surface area contributed by atoms with Gasteiger partial charge in [-0.05, 0) is 18.4 Å². The Morgan fingerprint density at radius 1 is 1.27 bits per heavy atom. The number of amides is 2. The number of likely N-dealkylation sites (tertiary alicyclic amines) is 1. The standard InChI is InChI=1S/C15H20N2O5/c16-14(21)12-13(20)11(19)8-17(12)15(22)10(18)7-6-9-4-2-1-3-5-9/h1-5,10-13,18-20H,6-8H2,(H2,16,21)/t10-,11-,12?,13+/m1/s1. The Bertz CT molecular complexity index is 536. The van der Waals surface area contributed by atoms with E-state index in [1.807, 2.05) is 30.3 Å². The average Bonchev–Trinajstić information content (AvgIpc) is 2.80. The first kappa shape index (κ1) is 16.4. The largest absolute Gasteiger partial charge is 0.388 e. The summed E-state index contributed by atoms with van der Waals surface area (Å²) in [5, 5.41) is 29.3. The molecule has 0 spiro atoms. The summed E-state index contributed by atoms with van der Waals surface area (Å²) in [7, 11) is 0. The predicted octanol–water partition coefficient (Wildman–Crippen LogP) is -1.60. The van der Waals surface area contributed by atoms with Crippen LogP contribution in [0.25, 0.3) is 0 Å². The number of hydrogen-bond donors (Lipinski definition) is 4. The first-order valence-electron chi connectivity index (χ1n) is 7.09. The number of nitrogens with zero attached hydrogens (tertiary/aromatic N) is 1. The Kier molecular flexibility index (Phi) is 5.12. The number of primary amides is 1. The molecule has 0 aliphatic carbocycles. The van der Waals surface area contributed by atoms with E-state index in [1.54, 1.807) is 0 Å².